The van der Waals surface area contributed by atoms with Crippen LogP contribution in [0.3, 0.4) is 0 Å². The Kier molecular flexibility index (Phi) is 14.7. The van der Waals surface area contributed by atoms with Crippen molar-refractivity contribution in [2.75, 3.05) is 59.1 Å². The topological polar surface area (TPSA) is 87.7 Å². The van der Waals surface area contributed by atoms with E-state index in [9.17, 15) is 4.79 Å². The zero-order valence-electron chi connectivity index (χ0n) is 21.1. The summed E-state index contributed by atoms with van der Waals surface area (Å²) in [4.78, 5) is 14.8. The Morgan fingerprint density at radius 1 is 0.818 bits per heavy atom. The highest BCUT2D eigenvalue weighted by Gasteiger charge is 2.40. The van der Waals surface area contributed by atoms with E-state index in [1.165, 1.54) is 0 Å². The van der Waals surface area contributed by atoms with E-state index in [1.807, 2.05) is 51.1 Å². The van der Waals surface area contributed by atoms with Crippen LogP contribution in [0.15, 0.2) is 30.3 Å². The third-order valence-electron chi connectivity index (χ3n) is 5.14. The molecule has 0 aromatic heterocycles. The summed E-state index contributed by atoms with van der Waals surface area (Å²) in [7, 11) is -0.624. The van der Waals surface area contributed by atoms with Gasteiger partial charge < -0.3 is 31.9 Å². The Labute approximate surface area is 201 Å². The quantitative estimate of drug-likeness (QED) is 0.240. The Bertz CT molecular complexity index is 626. The van der Waals surface area contributed by atoms with E-state index in [-0.39, 0.29) is 6.03 Å². The van der Waals surface area contributed by atoms with Crippen LogP contribution in [0, 0.1) is 0 Å². The van der Waals surface area contributed by atoms with Gasteiger partial charge in [0.2, 0.25) is 0 Å². The van der Waals surface area contributed by atoms with Crippen molar-refractivity contribution < 1.29 is 31.4 Å². The molecule has 9 nitrogen and oxygen atoms in total. The molecule has 190 valence electrons. The first-order chi connectivity index (χ1) is 15.9. The van der Waals surface area contributed by atoms with Crippen molar-refractivity contribution in [3.8, 4) is 0 Å². The molecule has 0 saturated heterocycles. The van der Waals surface area contributed by atoms with Crippen molar-refractivity contribution in [2.24, 2.45) is 0 Å². The van der Waals surface area contributed by atoms with E-state index in [2.05, 4.69) is 5.32 Å². The van der Waals surface area contributed by atoms with Crippen molar-refractivity contribution >= 4 is 29.3 Å². The summed E-state index contributed by atoms with van der Waals surface area (Å²) in [5, 5.41) is 3.03. The van der Waals surface area contributed by atoms with E-state index in [0.717, 1.165) is 5.69 Å². The van der Waals surface area contributed by atoms with E-state index >= 15 is 0 Å². The van der Waals surface area contributed by atoms with E-state index in [4.69, 9.17) is 26.6 Å². The maximum absolute atomic E-state index is 13.1. The third-order valence-corrected chi connectivity index (χ3v) is 11.1. The average molecular weight is 503 g/mol. The number of para-hydroxylation sites is 1. The molecule has 0 aliphatic rings. The van der Waals surface area contributed by atoms with Crippen LogP contribution in [0.25, 0.3) is 0 Å². The second-order valence-electron chi connectivity index (χ2n) is 7.20. The summed E-state index contributed by atoms with van der Waals surface area (Å²) in [6.07, 6.45) is 1.38. The van der Waals surface area contributed by atoms with Crippen molar-refractivity contribution in [3.63, 3.8) is 0 Å². The van der Waals surface area contributed by atoms with E-state index in [1.54, 1.807) is 26.2 Å². The summed E-state index contributed by atoms with van der Waals surface area (Å²) in [6.45, 7) is 8.43. The normalized spacial score (nSPS) is 12.1. The molecule has 2 amide bonds. The SMILES string of the molecule is CCO[Si](CCCNC(=O)N(CCC[Si](OC)(OC)OC)c1ccccc1)(OCC)OCC. The van der Waals surface area contributed by atoms with Crippen LogP contribution in [0.2, 0.25) is 12.1 Å². The lowest BCUT2D eigenvalue weighted by molar-refractivity contribution is 0.0708. The Morgan fingerprint density at radius 3 is 1.82 bits per heavy atom. The molecule has 1 N–H and O–H groups in total. The smallest absolute Gasteiger partial charge is 0.377 e. The molecule has 0 aliphatic heterocycles. The zero-order valence-corrected chi connectivity index (χ0v) is 23.1. The van der Waals surface area contributed by atoms with Crippen LogP contribution in [0.5, 0.6) is 0 Å². The minimum absolute atomic E-state index is 0.155. The van der Waals surface area contributed by atoms with Gasteiger partial charge in [0.25, 0.3) is 0 Å². The van der Waals surface area contributed by atoms with Crippen LogP contribution in [0.1, 0.15) is 33.6 Å². The molecule has 0 heterocycles. The first-order valence-corrected chi connectivity index (χ1v) is 15.5. The van der Waals surface area contributed by atoms with Gasteiger partial charge in [-0.15, -0.1) is 0 Å². The molecule has 0 saturated carbocycles. The van der Waals surface area contributed by atoms with Crippen LogP contribution < -0.4 is 10.2 Å². The molecule has 0 unspecified atom stereocenters. The van der Waals surface area contributed by atoms with Crippen molar-refractivity contribution in [2.45, 2.75) is 45.7 Å². The van der Waals surface area contributed by atoms with Crippen LogP contribution in [-0.4, -0.2) is 77.9 Å². The Hall–Kier alpha value is -1.32. The molecular formula is C22H42N2O7Si2. The lowest BCUT2D eigenvalue weighted by atomic mass is 10.3. The van der Waals surface area contributed by atoms with Gasteiger partial charge in [-0.2, -0.15) is 0 Å². The summed E-state index contributed by atoms with van der Waals surface area (Å²) in [5.41, 5.74) is 0.830. The van der Waals surface area contributed by atoms with Crippen LogP contribution >= 0.6 is 0 Å². The number of benzene rings is 1. The standard InChI is InChI=1S/C22H42N2O7Si2/c1-7-29-33(30-8-2,31-9-3)19-13-17-23-22(25)24(21-15-11-10-12-16-21)18-14-20-32(26-4,27-5)28-6/h10-12,15-16H,7-9,13-14,17-20H2,1-6H3,(H,23,25). The molecule has 1 aromatic carbocycles. The zero-order chi connectivity index (χ0) is 24.6. The molecule has 0 radical (unpaired) electrons. The van der Waals surface area contributed by atoms with Crippen molar-refractivity contribution in [1.29, 1.82) is 0 Å². The molecule has 0 fully saturated rings. The number of urea groups is 1. The molecule has 1 aromatic rings. The fourth-order valence-electron chi connectivity index (χ4n) is 3.56. The highest BCUT2D eigenvalue weighted by molar-refractivity contribution is 6.61. The van der Waals surface area contributed by atoms with Gasteiger partial charge in [-0.3, -0.25) is 4.90 Å². The van der Waals surface area contributed by atoms with Crippen LogP contribution in [0.4, 0.5) is 10.5 Å². The Balaban J connectivity index is 2.73. The van der Waals surface area contributed by atoms with Gasteiger partial charge in [0.05, 0.1) is 0 Å². The first kappa shape index (κ1) is 29.7. The number of carbonyl (C=O) groups is 1. The number of anilines is 1. The second-order valence-corrected chi connectivity index (χ2v) is 13.0. The lowest BCUT2D eigenvalue weighted by Crippen LogP contribution is -2.47. The highest BCUT2D eigenvalue weighted by Crippen LogP contribution is 2.20. The molecule has 11 heteroatoms. The molecule has 0 bridgehead atoms. The fraction of sp³-hybridized carbons (Fsp3) is 0.682. The highest BCUT2D eigenvalue weighted by atomic mass is 28.4. The van der Waals surface area contributed by atoms with Gasteiger partial charge >= 0.3 is 23.6 Å². The predicted octanol–water partition coefficient (Wildman–Crippen LogP) is 3.91. The predicted molar refractivity (Wildman–Crippen MR) is 133 cm³/mol. The Morgan fingerprint density at radius 2 is 1.33 bits per heavy atom. The van der Waals surface area contributed by atoms with E-state index < -0.39 is 17.6 Å². The average Bonchev–Trinajstić information content (AvgIpc) is 2.83. The van der Waals surface area contributed by atoms with Gasteiger partial charge in [0, 0.05) is 72.0 Å². The van der Waals surface area contributed by atoms with Gasteiger partial charge in [-0.25, -0.2) is 4.79 Å². The van der Waals surface area contributed by atoms with Gasteiger partial charge in [0.15, 0.2) is 0 Å². The van der Waals surface area contributed by atoms with Gasteiger partial charge in [-0.1, -0.05) is 18.2 Å². The van der Waals surface area contributed by atoms with Crippen molar-refractivity contribution in [3.05, 3.63) is 30.3 Å². The molecule has 33 heavy (non-hydrogen) atoms. The number of nitrogens with one attached hydrogen (secondary N) is 1. The fourth-order valence-corrected chi connectivity index (χ4v) is 7.88. The maximum atomic E-state index is 13.1. The van der Waals surface area contributed by atoms with Crippen molar-refractivity contribution in [1.82, 2.24) is 5.32 Å². The number of hydrogen-bond donors (Lipinski definition) is 1. The molecule has 0 atom stereocenters. The third kappa shape index (κ3) is 9.83. The molecule has 0 spiro atoms. The number of nitrogens with zero attached hydrogens (tertiary/aromatic N) is 1. The number of carbonyl (C=O) groups excluding carboxylic acids is 1. The minimum atomic E-state index is -2.72. The minimum Gasteiger partial charge on any atom is -0.377 e. The monoisotopic (exact) mass is 502 g/mol. The largest absolute Gasteiger partial charge is 0.500 e. The van der Waals surface area contributed by atoms with Gasteiger partial charge in [0.1, 0.15) is 0 Å². The number of hydrogen-bond acceptors (Lipinski definition) is 7. The number of rotatable bonds is 18. The molecule has 1 rings (SSSR count). The molecule has 0 aliphatic carbocycles. The molecular weight excluding hydrogens is 460 g/mol. The summed E-state index contributed by atoms with van der Waals surface area (Å²) in [6, 6.07) is 10.7. The van der Waals surface area contributed by atoms with Gasteiger partial charge in [-0.05, 0) is 45.7 Å². The maximum Gasteiger partial charge on any atom is 0.500 e. The number of amides is 2. The summed E-state index contributed by atoms with van der Waals surface area (Å²) < 4.78 is 34.2. The lowest BCUT2D eigenvalue weighted by Gasteiger charge is -2.29. The first-order valence-electron chi connectivity index (χ1n) is 11.6. The summed E-state index contributed by atoms with van der Waals surface area (Å²) >= 11 is 0. The van der Waals surface area contributed by atoms with Crippen LogP contribution in [-0.2, 0) is 26.6 Å². The van der Waals surface area contributed by atoms with E-state index in [0.29, 0.717) is 57.8 Å². The second kappa shape index (κ2) is 16.3. The summed E-state index contributed by atoms with van der Waals surface area (Å²) in [5.74, 6) is 0.